The van der Waals surface area contributed by atoms with Crippen LogP contribution >= 0.6 is 0 Å². The van der Waals surface area contributed by atoms with Crippen LogP contribution in [0.15, 0.2) is 43.0 Å². The second-order valence-corrected chi connectivity index (χ2v) is 4.86. The Labute approximate surface area is 121 Å². The van der Waals surface area contributed by atoms with Crippen molar-refractivity contribution in [1.82, 2.24) is 0 Å². The molecule has 0 amide bonds. The highest BCUT2D eigenvalue weighted by Crippen LogP contribution is 2.06. The smallest absolute Gasteiger partial charge is 0.305 e. The van der Waals surface area contributed by atoms with Gasteiger partial charge in [-0.05, 0) is 37.7 Å². The third-order valence-corrected chi connectivity index (χ3v) is 3.12. The average molecular weight is 276 g/mol. The van der Waals surface area contributed by atoms with Crippen molar-refractivity contribution in [3.63, 3.8) is 0 Å². The number of esters is 1. The third-order valence-electron chi connectivity index (χ3n) is 3.12. The summed E-state index contributed by atoms with van der Waals surface area (Å²) in [5.74, 6) is -0.147. The maximum absolute atomic E-state index is 11.5. The number of aliphatic hydroxyl groups is 1. The van der Waals surface area contributed by atoms with Gasteiger partial charge in [0.05, 0.1) is 12.7 Å². The summed E-state index contributed by atoms with van der Waals surface area (Å²) in [7, 11) is 0. The van der Waals surface area contributed by atoms with Crippen LogP contribution in [0.2, 0.25) is 0 Å². The minimum atomic E-state index is -0.461. The summed E-state index contributed by atoms with van der Waals surface area (Å²) in [6, 6.07) is 10.2. The van der Waals surface area contributed by atoms with Crippen LogP contribution in [0.1, 0.15) is 37.7 Å². The summed E-state index contributed by atoms with van der Waals surface area (Å²) in [6.07, 6.45) is 5.48. The van der Waals surface area contributed by atoms with Crippen LogP contribution in [0, 0.1) is 0 Å². The van der Waals surface area contributed by atoms with Crippen molar-refractivity contribution in [3.05, 3.63) is 48.6 Å². The zero-order chi connectivity index (χ0) is 14.6. The van der Waals surface area contributed by atoms with Crippen LogP contribution in [-0.4, -0.2) is 23.8 Å². The van der Waals surface area contributed by atoms with E-state index in [4.69, 9.17) is 4.74 Å². The van der Waals surface area contributed by atoms with E-state index in [1.54, 1.807) is 0 Å². The molecular formula is C17H24O3. The van der Waals surface area contributed by atoms with Gasteiger partial charge in [-0.15, -0.1) is 6.58 Å². The largest absolute Gasteiger partial charge is 0.466 e. The molecule has 0 saturated heterocycles. The quantitative estimate of drug-likeness (QED) is 0.405. The van der Waals surface area contributed by atoms with Gasteiger partial charge in [0.1, 0.15) is 0 Å². The Morgan fingerprint density at radius 3 is 2.70 bits per heavy atom. The van der Waals surface area contributed by atoms with Gasteiger partial charge in [-0.2, -0.15) is 0 Å². The predicted octanol–water partition coefficient (Wildman–Crippen LogP) is 3.27. The van der Waals surface area contributed by atoms with Gasteiger partial charge in [-0.3, -0.25) is 4.79 Å². The Balaban J connectivity index is 1.99. The highest BCUT2D eigenvalue weighted by atomic mass is 16.5. The molecule has 1 atom stereocenters. The molecule has 1 aromatic carbocycles. The van der Waals surface area contributed by atoms with Gasteiger partial charge in [0, 0.05) is 6.42 Å². The zero-order valence-corrected chi connectivity index (χ0v) is 12.0. The van der Waals surface area contributed by atoms with E-state index in [2.05, 4.69) is 18.7 Å². The van der Waals surface area contributed by atoms with Gasteiger partial charge in [-0.25, -0.2) is 0 Å². The topological polar surface area (TPSA) is 46.5 Å². The summed E-state index contributed by atoms with van der Waals surface area (Å²) < 4.78 is 5.18. The number of carbonyl (C=O) groups is 1. The van der Waals surface area contributed by atoms with E-state index in [0.717, 1.165) is 25.7 Å². The molecule has 20 heavy (non-hydrogen) atoms. The lowest BCUT2D eigenvalue weighted by Gasteiger charge is -2.06. The van der Waals surface area contributed by atoms with Crippen LogP contribution in [-0.2, 0) is 16.0 Å². The molecule has 3 nitrogen and oxygen atoms in total. The summed E-state index contributed by atoms with van der Waals surface area (Å²) in [5.41, 5.74) is 1.27. The predicted molar refractivity (Wildman–Crippen MR) is 80.4 cm³/mol. The minimum absolute atomic E-state index is 0.147. The molecule has 0 saturated carbocycles. The standard InChI is InChI=1S/C17H24O3/c1-2-16(18)12-6-7-13-17(19)20-14-8-11-15-9-4-3-5-10-15/h2-5,9-10,16,18H,1,6-8,11-14H2. The molecule has 1 rings (SSSR count). The van der Waals surface area contributed by atoms with Gasteiger partial charge < -0.3 is 9.84 Å². The summed E-state index contributed by atoms with van der Waals surface area (Å²) >= 11 is 0. The van der Waals surface area contributed by atoms with E-state index in [1.165, 1.54) is 11.6 Å². The molecule has 1 N–H and O–H groups in total. The van der Waals surface area contributed by atoms with E-state index in [-0.39, 0.29) is 5.97 Å². The lowest BCUT2D eigenvalue weighted by Crippen LogP contribution is -2.07. The number of hydrogen-bond acceptors (Lipinski definition) is 3. The van der Waals surface area contributed by atoms with Crippen molar-refractivity contribution in [3.8, 4) is 0 Å². The number of carbonyl (C=O) groups excluding carboxylic acids is 1. The van der Waals surface area contributed by atoms with Crippen LogP contribution in [0.3, 0.4) is 0 Å². The molecule has 0 aromatic heterocycles. The molecule has 0 bridgehead atoms. The van der Waals surface area contributed by atoms with Crippen LogP contribution in [0.4, 0.5) is 0 Å². The second-order valence-electron chi connectivity index (χ2n) is 4.86. The molecular weight excluding hydrogens is 252 g/mol. The van der Waals surface area contributed by atoms with Gasteiger partial charge >= 0.3 is 5.97 Å². The molecule has 3 heteroatoms. The molecule has 1 aromatic rings. The fourth-order valence-corrected chi connectivity index (χ4v) is 1.92. The van der Waals surface area contributed by atoms with Crippen molar-refractivity contribution >= 4 is 5.97 Å². The van der Waals surface area contributed by atoms with E-state index >= 15 is 0 Å². The van der Waals surface area contributed by atoms with Gasteiger partial charge in [0.25, 0.3) is 0 Å². The Morgan fingerprint density at radius 1 is 1.25 bits per heavy atom. The van der Waals surface area contributed by atoms with Crippen molar-refractivity contribution in [1.29, 1.82) is 0 Å². The van der Waals surface area contributed by atoms with Crippen molar-refractivity contribution in [2.45, 2.75) is 44.6 Å². The first kappa shape index (κ1) is 16.4. The Kier molecular flexibility index (Phi) is 8.40. The number of unbranched alkanes of at least 4 members (excludes halogenated alkanes) is 1. The molecule has 0 radical (unpaired) electrons. The van der Waals surface area contributed by atoms with E-state index in [1.807, 2.05) is 18.2 Å². The molecule has 0 aliphatic carbocycles. The van der Waals surface area contributed by atoms with Crippen LogP contribution in [0.5, 0.6) is 0 Å². The number of rotatable bonds is 10. The van der Waals surface area contributed by atoms with Crippen molar-refractivity contribution in [2.24, 2.45) is 0 Å². The first-order valence-corrected chi connectivity index (χ1v) is 7.22. The number of aliphatic hydroxyl groups excluding tert-OH is 1. The van der Waals surface area contributed by atoms with Crippen LogP contribution < -0.4 is 0 Å². The van der Waals surface area contributed by atoms with E-state index < -0.39 is 6.10 Å². The summed E-state index contributed by atoms with van der Waals surface area (Å²) in [4.78, 5) is 11.5. The maximum atomic E-state index is 11.5. The minimum Gasteiger partial charge on any atom is -0.466 e. The average Bonchev–Trinajstić information content (AvgIpc) is 2.49. The summed E-state index contributed by atoms with van der Waals surface area (Å²) in [5, 5.41) is 9.27. The maximum Gasteiger partial charge on any atom is 0.305 e. The van der Waals surface area contributed by atoms with Crippen molar-refractivity contribution < 1.29 is 14.6 Å². The number of hydrogen-bond donors (Lipinski definition) is 1. The fraction of sp³-hybridized carbons (Fsp3) is 0.471. The van der Waals surface area contributed by atoms with Gasteiger partial charge in [0.2, 0.25) is 0 Å². The molecule has 0 spiro atoms. The van der Waals surface area contributed by atoms with Crippen molar-refractivity contribution in [2.75, 3.05) is 6.61 Å². The zero-order valence-electron chi connectivity index (χ0n) is 12.0. The molecule has 0 aliphatic rings. The highest BCUT2D eigenvalue weighted by Gasteiger charge is 2.04. The highest BCUT2D eigenvalue weighted by molar-refractivity contribution is 5.69. The normalized spacial score (nSPS) is 11.8. The molecule has 0 fully saturated rings. The molecule has 110 valence electrons. The van der Waals surface area contributed by atoms with E-state index in [9.17, 15) is 9.90 Å². The van der Waals surface area contributed by atoms with Crippen LogP contribution in [0.25, 0.3) is 0 Å². The number of benzene rings is 1. The van der Waals surface area contributed by atoms with Gasteiger partial charge in [0.15, 0.2) is 0 Å². The Bertz CT molecular complexity index is 386. The molecule has 1 unspecified atom stereocenters. The first-order valence-electron chi connectivity index (χ1n) is 7.22. The third kappa shape index (κ3) is 7.74. The second kappa shape index (κ2) is 10.2. The number of ether oxygens (including phenoxy) is 1. The Morgan fingerprint density at radius 2 is 2.00 bits per heavy atom. The Hall–Kier alpha value is -1.61. The monoisotopic (exact) mass is 276 g/mol. The van der Waals surface area contributed by atoms with E-state index in [0.29, 0.717) is 19.4 Å². The lowest BCUT2D eigenvalue weighted by atomic mass is 10.1. The summed E-state index contributed by atoms with van der Waals surface area (Å²) in [6.45, 7) is 3.98. The lowest BCUT2D eigenvalue weighted by molar-refractivity contribution is -0.143. The molecule has 0 heterocycles. The number of aryl methyl sites for hydroxylation is 1. The SMILES string of the molecule is C=CC(O)CCCCC(=O)OCCCc1ccccc1. The van der Waals surface area contributed by atoms with Gasteiger partial charge in [-0.1, -0.05) is 36.4 Å². The first-order chi connectivity index (χ1) is 9.72. The fourth-order valence-electron chi connectivity index (χ4n) is 1.92. The molecule has 0 aliphatic heterocycles.